The minimum atomic E-state index is -0.324. The first-order valence-corrected chi connectivity index (χ1v) is 7.78. The molecule has 22 heavy (non-hydrogen) atoms. The van der Waals surface area contributed by atoms with Crippen LogP contribution in [0.2, 0.25) is 0 Å². The molecule has 1 aromatic rings. The molecule has 0 fully saturated rings. The van der Waals surface area contributed by atoms with E-state index in [1.165, 1.54) is 12.1 Å². The maximum atomic E-state index is 13.0. The van der Waals surface area contributed by atoms with Gasteiger partial charge in [-0.2, -0.15) is 0 Å². The Labute approximate surface area is 132 Å². The third-order valence-electron chi connectivity index (χ3n) is 3.68. The molecular formula is C17H27FN2O2. The summed E-state index contributed by atoms with van der Waals surface area (Å²) < 4.78 is 18.4. The smallest absolute Gasteiger partial charge is 0.222 e. The average molecular weight is 310 g/mol. The molecule has 0 aliphatic heterocycles. The van der Waals surface area contributed by atoms with Crippen molar-refractivity contribution in [2.24, 2.45) is 11.7 Å². The lowest BCUT2D eigenvalue weighted by Crippen LogP contribution is -2.34. The van der Waals surface area contributed by atoms with Crippen LogP contribution in [0, 0.1) is 11.7 Å². The Morgan fingerprint density at radius 1 is 1.41 bits per heavy atom. The van der Waals surface area contributed by atoms with E-state index in [0.717, 1.165) is 6.42 Å². The quantitative estimate of drug-likeness (QED) is 0.714. The Balaban J connectivity index is 2.19. The largest absolute Gasteiger partial charge is 0.493 e. The fourth-order valence-corrected chi connectivity index (χ4v) is 1.96. The highest BCUT2D eigenvalue weighted by Crippen LogP contribution is 2.12. The summed E-state index contributed by atoms with van der Waals surface area (Å²) in [6.45, 7) is 5.23. The van der Waals surface area contributed by atoms with Crippen LogP contribution in [0.15, 0.2) is 24.3 Å². The van der Waals surface area contributed by atoms with Crippen molar-refractivity contribution < 1.29 is 13.9 Å². The number of ether oxygens (including phenoxy) is 1. The van der Waals surface area contributed by atoms with Gasteiger partial charge in [-0.15, -0.1) is 0 Å². The van der Waals surface area contributed by atoms with E-state index in [2.05, 4.69) is 13.8 Å². The number of carbonyl (C=O) groups excluding carboxylic acids is 1. The number of hydrogen-bond donors (Lipinski definition) is 1. The van der Waals surface area contributed by atoms with Gasteiger partial charge in [-0.1, -0.05) is 19.9 Å². The van der Waals surface area contributed by atoms with Crippen molar-refractivity contribution in [2.75, 3.05) is 20.2 Å². The van der Waals surface area contributed by atoms with Gasteiger partial charge in [-0.05, 0) is 30.9 Å². The second-order valence-corrected chi connectivity index (χ2v) is 5.92. The van der Waals surface area contributed by atoms with Gasteiger partial charge in [0.2, 0.25) is 5.91 Å². The van der Waals surface area contributed by atoms with Crippen molar-refractivity contribution in [3.63, 3.8) is 0 Å². The highest BCUT2D eigenvalue weighted by molar-refractivity contribution is 5.75. The summed E-state index contributed by atoms with van der Waals surface area (Å²) in [5, 5.41) is 0. The van der Waals surface area contributed by atoms with Gasteiger partial charge in [-0.3, -0.25) is 4.79 Å². The molecule has 0 heterocycles. The van der Waals surface area contributed by atoms with Crippen LogP contribution < -0.4 is 10.5 Å². The van der Waals surface area contributed by atoms with Crippen molar-refractivity contribution in [2.45, 2.75) is 39.2 Å². The number of rotatable bonds is 9. The van der Waals surface area contributed by atoms with Crippen LogP contribution in [0.25, 0.3) is 0 Å². The van der Waals surface area contributed by atoms with Crippen LogP contribution in [0.4, 0.5) is 4.39 Å². The van der Waals surface area contributed by atoms with Gasteiger partial charge in [0.25, 0.3) is 0 Å². The molecule has 0 radical (unpaired) electrons. The second kappa shape index (κ2) is 9.41. The van der Waals surface area contributed by atoms with Gasteiger partial charge >= 0.3 is 0 Å². The Hall–Kier alpha value is -1.62. The molecule has 1 amide bonds. The first-order chi connectivity index (χ1) is 10.4. The highest BCUT2D eigenvalue weighted by atomic mass is 19.1. The lowest BCUT2D eigenvalue weighted by Gasteiger charge is -2.21. The molecule has 124 valence electrons. The van der Waals surface area contributed by atoms with Gasteiger partial charge in [0, 0.05) is 32.1 Å². The van der Waals surface area contributed by atoms with E-state index in [4.69, 9.17) is 10.5 Å². The van der Waals surface area contributed by atoms with Crippen molar-refractivity contribution in [1.29, 1.82) is 0 Å². The van der Waals surface area contributed by atoms with Crippen molar-refractivity contribution in [3.8, 4) is 5.75 Å². The fourth-order valence-electron chi connectivity index (χ4n) is 1.96. The molecule has 0 spiro atoms. The van der Waals surface area contributed by atoms with E-state index in [9.17, 15) is 9.18 Å². The minimum absolute atomic E-state index is 0.0822. The summed E-state index contributed by atoms with van der Waals surface area (Å²) in [6.07, 6.45) is 1.83. The van der Waals surface area contributed by atoms with E-state index in [-0.39, 0.29) is 17.8 Å². The van der Waals surface area contributed by atoms with Crippen LogP contribution in [0.3, 0.4) is 0 Å². The van der Waals surface area contributed by atoms with Crippen molar-refractivity contribution in [1.82, 2.24) is 4.90 Å². The molecular weight excluding hydrogens is 283 g/mol. The van der Waals surface area contributed by atoms with E-state index < -0.39 is 0 Å². The maximum absolute atomic E-state index is 13.0. The van der Waals surface area contributed by atoms with E-state index in [0.29, 0.717) is 37.7 Å². The first kappa shape index (κ1) is 18.4. The Morgan fingerprint density at radius 2 is 2.14 bits per heavy atom. The lowest BCUT2D eigenvalue weighted by atomic mass is 10.0. The molecule has 0 bridgehead atoms. The molecule has 0 aromatic heterocycles. The molecule has 0 aliphatic rings. The summed E-state index contributed by atoms with van der Waals surface area (Å²) in [6, 6.07) is 6.12. The summed E-state index contributed by atoms with van der Waals surface area (Å²) >= 11 is 0. The summed E-state index contributed by atoms with van der Waals surface area (Å²) in [5.41, 5.74) is 5.97. The zero-order chi connectivity index (χ0) is 16.5. The number of benzene rings is 1. The minimum Gasteiger partial charge on any atom is -0.493 e. The third-order valence-corrected chi connectivity index (χ3v) is 3.68. The van der Waals surface area contributed by atoms with E-state index in [1.54, 1.807) is 24.1 Å². The zero-order valence-electron chi connectivity index (χ0n) is 13.7. The zero-order valence-corrected chi connectivity index (χ0v) is 13.7. The first-order valence-electron chi connectivity index (χ1n) is 7.78. The molecule has 4 nitrogen and oxygen atoms in total. The topological polar surface area (TPSA) is 55.6 Å². The number of hydrogen-bond acceptors (Lipinski definition) is 3. The molecule has 0 saturated carbocycles. The standard InChI is InChI=1S/C17H27FN2O2/c1-13(2)16(19)9-10-20(3)17(21)8-5-11-22-15-7-4-6-14(18)12-15/h4,6-7,12-13,16H,5,8-11,19H2,1-3H3. The fraction of sp³-hybridized carbons (Fsp3) is 0.588. The van der Waals surface area contributed by atoms with Gasteiger partial charge in [-0.25, -0.2) is 4.39 Å². The van der Waals surface area contributed by atoms with Crippen LogP contribution in [0.1, 0.15) is 33.1 Å². The number of amides is 1. The van der Waals surface area contributed by atoms with Gasteiger partial charge in [0.05, 0.1) is 6.61 Å². The van der Waals surface area contributed by atoms with E-state index >= 15 is 0 Å². The van der Waals surface area contributed by atoms with Crippen LogP contribution in [-0.4, -0.2) is 37.0 Å². The molecule has 2 N–H and O–H groups in total. The number of nitrogens with two attached hydrogens (primary N) is 1. The number of carbonyl (C=O) groups is 1. The molecule has 1 unspecified atom stereocenters. The summed E-state index contributed by atoms with van der Waals surface area (Å²) in [5.74, 6) is 0.667. The number of nitrogens with zero attached hydrogens (tertiary/aromatic N) is 1. The van der Waals surface area contributed by atoms with Crippen LogP contribution >= 0.6 is 0 Å². The van der Waals surface area contributed by atoms with Crippen molar-refractivity contribution in [3.05, 3.63) is 30.1 Å². The van der Waals surface area contributed by atoms with Crippen LogP contribution in [-0.2, 0) is 4.79 Å². The lowest BCUT2D eigenvalue weighted by molar-refractivity contribution is -0.130. The van der Waals surface area contributed by atoms with Gasteiger partial charge < -0.3 is 15.4 Å². The monoisotopic (exact) mass is 310 g/mol. The molecule has 0 saturated heterocycles. The van der Waals surface area contributed by atoms with Crippen LogP contribution in [0.5, 0.6) is 5.75 Å². The molecule has 1 aromatic carbocycles. The molecule has 1 rings (SSSR count). The highest BCUT2D eigenvalue weighted by Gasteiger charge is 2.12. The predicted octanol–water partition coefficient (Wildman–Crippen LogP) is 2.82. The second-order valence-electron chi connectivity index (χ2n) is 5.92. The normalized spacial score (nSPS) is 12.3. The van der Waals surface area contributed by atoms with E-state index in [1.807, 2.05) is 0 Å². The third kappa shape index (κ3) is 6.89. The van der Waals surface area contributed by atoms with Gasteiger partial charge in [0.1, 0.15) is 11.6 Å². The molecule has 1 atom stereocenters. The maximum Gasteiger partial charge on any atom is 0.222 e. The summed E-state index contributed by atoms with van der Waals surface area (Å²) in [4.78, 5) is 13.7. The number of halogens is 1. The molecule has 5 heteroatoms. The Morgan fingerprint density at radius 3 is 2.77 bits per heavy atom. The average Bonchev–Trinajstić information content (AvgIpc) is 2.48. The molecule has 0 aliphatic carbocycles. The summed E-state index contributed by atoms with van der Waals surface area (Å²) in [7, 11) is 1.79. The van der Waals surface area contributed by atoms with Gasteiger partial charge in [0.15, 0.2) is 0 Å². The van der Waals surface area contributed by atoms with Crippen molar-refractivity contribution >= 4 is 5.91 Å². The Bertz CT molecular complexity index is 466. The predicted molar refractivity (Wildman–Crippen MR) is 86.2 cm³/mol. The Kier molecular flexibility index (Phi) is 7.88. The SMILES string of the molecule is CC(C)C(N)CCN(C)C(=O)CCCOc1cccc(F)c1.